The Bertz CT molecular complexity index is 1060. The number of ketones is 2. The molecule has 3 aliphatic carbocycles. The minimum absolute atomic E-state index is 0.0353. The Balaban J connectivity index is 1.31. The molecule has 0 saturated carbocycles. The first-order valence-electron chi connectivity index (χ1n) is 12.2. The van der Waals surface area contributed by atoms with Crippen LogP contribution in [0.5, 0.6) is 0 Å². The van der Waals surface area contributed by atoms with Crippen molar-refractivity contribution in [2.75, 3.05) is 26.7 Å². The molecule has 0 aromatic rings. The Morgan fingerprint density at radius 3 is 2.88 bits per heavy atom. The summed E-state index contributed by atoms with van der Waals surface area (Å²) in [5, 5.41) is 3.49. The van der Waals surface area contributed by atoms with Crippen LogP contribution in [0.15, 0.2) is 70.0 Å². The van der Waals surface area contributed by atoms with E-state index >= 15 is 0 Å². The van der Waals surface area contributed by atoms with E-state index in [0.717, 1.165) is 30.1 Å². The molecule has 0 aromatic heterocycles. The van der Waals surface area contributed by atoms with Crippen LogP contribution in [0.2, 0.25) is 0 Å². The fourth-order valence-corrected chi connectivity index (χ4v) is 5.74. The van der Waals surface area contributed by atoms with Gasteiger partial charge in [0.25, 0.3) is 0 Å². The predicted octanol–water partition coefficient (Wildman–Crippen LogP) is 3.34. The van der Waals surface area contributed by atoms with Gasteiger partial charge >= 0.3 is 0 Å². The smallest absolute Gasteiger partial charge is 0.161 e. The highest BCUT2D eigenvalue weighted by Gasteiger charge is 2.50. The zero-order valence-corrected chi connectivity index (χ0v) is 19.3. The van der Waals surface area contributed by atoms with E-state index in [4.69, 9.17) is 9.98 Å². The summed E-state index contributed by atoms with van der Waals surface area (Å²) in [5.74, 6) is -0.0707. The molecule has 33 heavy (non-hydrogen) atoms. The van der Waals surface area contributed by atoms with E-state index in [9.17, 15) is 9.59 Å². The molecule has 3 unspecified atom stereocenters. The topological polar surface area (TPSA) is 74.1 Å². The van der Waals surface area contributed by atoms with Crippen molar-refractivity contribution in [3.63, 3.8) is 0 Å². The molecule has 172 valence electrons. The molecule has 1 N–H and O–H groups in total. The number of rotatable bonds is 7. The monoisotopic (exact) mass is 444 g/mol. The Morgan fingerprint density at radius 2 is 2.03 bits per heavy atom. The highest BCUT2D eigenvalue weighted by Crippen LogP contribution is 2.53. The number of carbonyl (C=O) groups excluding carboxylic acids is 2. The highest BCUT2D eigenvalue weighted by atomic mass is 16.1. The van der Waals surface area contributed by atoms with Gasteiger partial charge < -0.3 is 10.2 Å². The van der Waals surface area contributed by atoms with Gasteiger partial charge in [0.05, 0.1) is 40.6 Å². The summed E-state index contributed by atoms with van der Waals surface area (Å²) in [7, 11) is 2.20. The Morgan fingerprint density at radius 1 is 1.18 bits per heavy atom. The van der Waals surface area contributed by atoms with Crippen LogP contribution in [0.25, 0.3) is 0 Å². The van der Waals surface area contributed by atoms with Crippen molar-refractivity contribution in [2.24, 2.45) is 21.3 Å². The van der Waals surface area contributed by atoms with Crippen LogP contribution in [-0.4, -0.2) is 60.6 Å². The van der Waals surface area contributed by atoms with Crippen LogP contribution in [0.4, 0.5) is 0 Å². The Hall–Kier alpha value is -2.70. The molecule has 5 rings (SSSR count). The quantitative estimate of drug-likeness (QED) is 0.611. The fourth-order valence-electron chi connectivity index (χ4n) is 5.74. The van der Waals surface area contributed by atoms with Crippen molar-refractivity contribution in [1.82, 2.24) is 10.2 Å². The van der Waals surface area contributed by atoms with E-state index in [1.165, 1.54) is 19.4 Å². The zero-order valence-electron chi connectivity index (χ0n) is 19.3. The SMILES string of the molecule is CN1CCCC1CCNCCC(=O)C1C=CC=C2N=C3CC(=O)C=CC3=NC3=CC=CCC321. The molecular weight excluding hydrogens is 412 g/mol. The maximum Gasteiger partial charge on any atom is 0.161 e. The minimum Gasteiger partial charge on any atom is -0.316 e. The molecule has 1 saturated heterocycles. The van der Waals surface area contributed by atoms with Crippen molar-refractivity contribution >= 4 is 23.0 Å². The third kappa shape index (κ3) is 4.18. The standard InChI is InChI=1S/C27H32N4O2/c1-31-17-5-6-19(31)12-15-28-16-13-24(33)21-7-4-9-26-27(21)14-3-2-8-25(27)29-22-11-10-20(32)18-23(22)30-26/h2-4,7-11,19,21,28H,5-6,12-18H2,1H3. The molecule has 5 aliphatic rings. The van der Waals surface area contributed by atoms with Gasteiger partial charge in [0, 0.05) is 19.0 Å². The molecule has 6 heteroatoms. The van der Waals surface area contributed by atoms with E-state index in [-0.39, 0.29) is 23.9 Å². The largest absolute Gasteiger partial charge is 0.316 e. The first kappa shape index (κ1) is 22.1. The maximum absolute atomic E-state index is 13.5. The van der Waals surface area contributed by atoms with E-state index in [1.807, 2.05) is 30.4 Å². The number of aliphatic imine (C=N–C) groups is 2. The van der Waals surface area contributed by atoms with Gasteiger partial charge in [-0.2, -0.15) is 0 Å². The predicted molar refractivity (Wildman–Crippen MR) is 131 cm³/mol. The van der Waals surface area contributed by atoms with Crippen molar-refractivity contribution in [2.45, 2.75) is 44.6 Å². The van der Waals surface area contributed by atoms with Gasteiger partial charge in [0.1, 0.15) is 5.78 Å². The number of Topliss-reactive ketones (excluding diaryl/α,β-unsaturated/α-hetero) is 1. The van der Waals surface area contributed by atoms with Gasteiger partial charge in [0.15, 0.2) is 5.78 Å². The number of hydrogen-bond donors (Lipinski definition) is 1. The van der Waals surface area contributed by atoms with Crippen LogP contribution in [0.3, 0.4) is 0 Å². The van der Waals surface area contributed by atoms with E-state index < -0.39 is 5.41 Å². The van der Waals surface area contributed by atoms with E-state index in [1.54, 1.807) is 12.2 Å². The van der Waals surface area contributed by atoms with Gasteiger partial charge in [-0.3, -0.25) is 19.6 Å². The molecule has 6 nitrogen and oxygen atoms in total. The molecule has 1 fully saturated rings. The average Bonchev–Trinajstić information content (AvgIpc) is 3.15. The lowest BCUT2D eigenvalue weighted by atomic mass is 9.63. The minimum atomic E-state index is -0.596. The third-order valence-corrected chi connectivity index (χ3v) is 7.61. The van der Waals surface area contributed by atoms with Gasteiger partial charge in [-0.15, -0.1) is 0 Å². The molecule has 0 bridgehead atoms. The van der Waals surface area contributed by atoms with E-state index in [0.29, 0.717) is 31.1 Å². The number of hydrogen-bond acceptors (Lipinski definition) is 6. The number of nitrogens with one attached hydrogen (secondary N) is 1. The second-order valence-electron chi connectivity index (χ2n) is 9.63. The van der Waals surface area contributed by atoms with Gasteiger partial charge in [0.2, 0.25) is 0 Å². The van der Waals surface area contributed by atoms with Crippen LogP contribution < -0.4 is 5.32 Å². The van der Waals surface area contributed by atoms with Gasteiger partial charge in [-0.1, -0.05) is 24.3 Å². The van der Waals surface area contributed by atoms with Gasteiger partial charge in [-0.05, 0) is 70.1 Å². The van der Waals surface area contributed by atoms with Crippen molar-refractivity contribution in [1.29, 1.82) is 0 Å². The van der Waals surface area contributed by atoms with Crippen molar-refractivity contribution < 1.29 is 9.59 Å². The molecule has 0 aromatic carbocycles. The molecule has 3 atom stereocenters. The van der Waals surface area contributed by atoms with E-state index in [2.05, 4.69) is 23.3 Å². The molecule has 0 amide bonds. The maximum atomic E-state index is 13.5. The first-order valence-corrected chi connectivity index (χ1v) is 12.2. The second kappa shape index (κ2) is 9.27. The summed E-state index contributed by atoms with van der Waals surface area (Å²) in [6, 6.07) is 0.663. The third-order valence-electron chi connectivity index (χ3n) is 7.61. The normalized spacial score (nSPS) is 30.5. The van der Waals surface area contributed by atoms with Crippen LogP contribution in [0.1, 0.15) is 38.5 Å². The molecular formula is C27H32N4O2. The summed E-state index contributed by atoms with van der Waals surface area (Å²) in [6.45, 7) is 2.82. The molecule has 1 spiro atoms. The molecule has 0 radical (unpaired) electrons. The summed E-state index contributed by atoms with van der Waals surface area (Å²) in [4.78, 5) is 37.8. The summed E-state index contributed by atoms with van der Waals surface area (Å²) >= 11 is 0. The number of fused-ring (bicyclic) bond motifs is 1. The Labute approximate surface area is 195 Å². The highest BCUT2D eigenvalue weighted by molar-refractivity contribution is 6.52. The summed E-state index contributed by atoms with van der Waals surface area (Å²) in [5.41, 5.74) is 2.54. The first-order chi connectivity index (χ1) is 16.1. The zero-order chi connectivity index (χ0) is 22.8. The number of nitrogens with zero attached hydrogens (tertiary/aromatic N) is 3. The van der Waals surface area contributed by atoms with Crippen LogP contribution >= 0.6 is 0 Å². The average molecular weight is 445 g/mol. The van der Waals surface area contributed by atoms with Crippen LogP contribution in [-0.2, 0) is 9.59 Å². The summed E-state index contributed by atoms with van der Waals surface area (Å²) in [6.07, 6.45) is 20.5. The van der Waals surface area contributed by atoms with Gasteiger partial charge in [-0.25, -0.2) is 0 Å². The summed E-state index contributed by atoms with van der Waals surface area (Å²) < 4.78 is 0. The van der Waals surface area contributed by atoms with Crippen molar-refractivity contribution in [3.8, 4) is 0 Å². The Kier molecular flexibility index (Phi) is 6.21. The number of allylic oxidation sites excluding steroid dienone is 8. The van der Waals surface area contributed by atoms with Crippen molar-refractivity contribution in [3.05, 3.63) is 60.0 Å². The molecule has 2 heterocycles. The van der Waals surface area contributed by atoms with Crippen LogP contribution in [0, 0.1) is 11.3 Å². The fraction of sp³-hybridized carbons (Fsp3) is 0.481. The lowest BCUT2D eigenvalue weighted by Crippen LogP contribution is -2.40. The lowest BCUT2D eigenvalue weighted by Gasteiger charge is -2.41. The second-order valence-corrected chi connectivity index (χ2v) is 9.63. The molecule has 2 aliphatic heterocycles. The number of likely N-dealkylation sites (tertiary alicyclic amines) is 1. The lowest BCUT2D eigenvalue weighted by molar-refractivity contribution is -0.123. The number of carbonyl (C=O) groups is 2.